The van der Waals surface area contributed by atoms with Crippen LogP contribution in [0.3, 0.4) is 0 Å². The average Bonchev–Trinajstić information content (AvgIpc) is 3.47. The molecule has 0 bridgehead atoms. The van der Waals surface area contributed by atoms with Gasteiger partial charge in [-0.15, -0.1) is 0 Å². The van der Waals surface area contributed by atoms with Gasteiger partial charge in [0.05, 0.1) is 0 Å². The monoisotopic (exact) mass is 402 g/mol. The number of carbonyl (C=O) groups is 2. The number of hydrogen-bond acceptors (Lipinski definition) is 3. The van der Waals surface area contributed by atoms with Crippen molar-refractivity contribution in [3.63, 3.8) is 0 Å². The van der Waals surface area contributed by atoms with Crippen molar-refractivity contribution in [1.82, 2.24) is 20.2 Å². The minimum atomic E-state index is -0.0595. The maximum Gasteiger partial charge on any atom is 0.270 e. The molecule has 1 aliphatic heterocycles. The minimum absolute atomic E-state index is 0.0595. The van der Waals surface area contributed by atoms with E-state index >= 15 is 0 Å². The third-order valence-electron chi connectivity index (χ3n) is 5.54. The molecule has 1 aromatic carbocycles. The highest BCUT2D eigenvalue weighted by Crippen LogP contribution is 2.22. The van der Waals surface area contributed by atoms with Crippen LogP contribution in [0.15, 0.2) is 67.1 Å². The van der Waals surface area contributed by atoms with Gasteiger partial charge in [-0.05, 0) is 66.6 Å². The summed E-state index contributed by atoms with van der Waals surface area (Å²) >= 11 is 0. The van der Waals surface area contributed by atoms with Crippen LogP contribution < -0.4 is 5.32 Å². The molecule has 2 N–H and O–H groups in total. The highest BCUT2D eigenvalue weighted by molar-refractivity contribution is 5.94. The zero-order valence-corrected chi connectivity index (χ0v) is 16.9. The Morgan fingerprint density at radius 3 is 2.83 bits per heavy atom. The topological polar surface area (TPSA) is 78.1 Å². The number of nitrogens with one attached hydrogen (secondary N) is 2. The van der Waals surface area contributed by atoms with E-state index in [1.807, 2.05) is 53.6 Å². The number of nitrogens with zero attached hydrogens (tertiary/aromatic N) is 2. The smallest absolute Gasteiger partial charge is 0.270 e. The first-order valence-electron chi connectivity index (χ1n) is 10.4. The predicted octanol–water partition coefficient (Wildman–Crippen LogP) is 3.09. The van der Waals surface area contributed by atoms with E-state index in [1.165, 1.54) is 0 Å². The Hall–Kier alpha value is -3.41. The van der Waals surface area contributed by atoms with Crippen LogP contribution in [-0.4, -0.2) is 46.3 Å². The fraction of sp³-hybridized carbons (Fsp3) is 0.292. The van der Waals surface area contributed by atoms with E-state index in [0.717, 1.165) is 43.5 Å². The Morgan fingerprint density at radius 2 is 2.03 bits per heavy atom. The molecular formula is C24H26N4O2. The van der Waals surface area contributed by atoms with E-state index in [-0.39, 0.29) is 11.8 Å². The van der Waals surface area contributed by atoms with Gasteiger partial charge in [0.15, 0.2) is 0 Å². The van der Waals surface area contributed by atoms with Gasteiger partial charge >= 0.3 is 0 Å². The standard InChI is InChI=1S/C24H26N4O2/c29-23(27-12-8-18-5-2-10-25-16-18)21-6-1-4-19(15-21)14-20-9-13-28(17-20)24(30)22-7-3-11-26-22/h1-7,10-11,15-16,20,26H,8-9,12-14,17H2,(H,27,29). The summed E-state index contributed by atoms with van der Waals surface area (Å²) in [6, 6.07) is 15.4. The molecule has 6 heteroatoms. The molecule has 0 radical (unpaired) electrons. The summed E-state index contributed by atoms with van der Waals surface area (Å²) in [7, 11) is 0. The lowest BCUT2D eigenvalue weighted by atomic mass is 9.97. The molecule has 3 heterocycles. The number of benzene rings is 1. The lowest BCUT2D eigenvalue weighted by molar-refractivity contribution is 0.0781. The van der Waals surface area contributed by atoms with E-state index < -0.39 is 0 Å². The van der Waals surface area contributed by atoms with Crippen molar-refractivity contribution in [2.75, 3.05) is 19.6 Å². The van der Waals surface area contributed by atoms with Crippen molar-refractivity contribution in [3.05, 3.63) is 89.5 Å². The number of rotatable bonds is 7. The first-order valence-corrected chi connectivity index (χ1v) is 10.4. The van der Waals surface area contributed by atoms with Gasteiger partial charge in [0.2, 0.25) is 0 Å². The second-order valence-corrected chi connectivity index (χ2v) is 7.76. The largest absolute Gasteiger partial charge is 0.357 e. The highest BCUT2D eigenvalue weighted by atomic mass is 16.2. The summed E-state index contributed by atoms with van der Waals surface area (Å²) in [6.07, 6.45) is 7.94. The Morgan fingerprint density at radius 1 is 1.13 bits per heavy atom. The molecule has 2 aromatic heterocycles. The fourth-order valence-electron chi connectivity index (χ4n) is 3.96. The van der Waals surface area contributed by atoms with E-state index in [9.17, 15) is 9.59 Å². The van der Waals surface area contributed by atoms with Crippen LogP contribution >= 0.6 is 0 Å². The van der Waals surface area contributed by atoms with Crippen LogP contribution in [0.1, 0.15) is 38.4 Å². The molecule has 3 aromatic rings. The van der Waals surface area contributed by atoms with Crippen LogP contribution in [0.4, 0.5) is 0 Å². The lowest BCUT2D eigenvalue weighted by Gasteiger charge is -2.16. The third-order valence-corrected chi connectivity index (χ3v) is 5.54. The molecular weight excluding hydrogens is 376 g/mol. The summed E-state index contributed by atoms with van der Waals surface area (Å²) in [6.45, 7) is 2.10. The molecule has 1 atom stereocenters. The highest BCUT2D eigenvalue weighted by Gasteiger charge is 2.27. The van der Waals surface area contributed by atoms with Crippen molar-refractivity contribution in [1.29, 1.82) is 0 Å². The Balaban J connectivity index is 1.29. The molecule has 0 aliphatic carbocycles. The van der Waals surface area contributed by atoms with E-state index in [4.69, 9.17) is 0 Å². The van der Waals surface area contributed by atoms with Crippen LogP contribution in [0.2, 0.25) is 0 Å². The van der Waals surface area contributed by atoms with Crippen molar-refractivity contribution >= 4 is 11.8 Å². The first kappa shape index (κ1) is 19.9. The van der Waals surface area contributed by atoms with Gasteiger partial charge < -0.3 is 15.2 Å². The number of carbonyl (C=O) groups excluding carboxylic acids is 2. The van der Waals surface area contributed by atoms with Crippen molar-refractivity contribution < 1.29 is 9.59 Å². The quantitative estimate of drug-likeness (QED) is 0.638. The Bertz CT molecular complexity index is 985. The minimum Gasteiger partial charge on any atom is -0.357 e. The third kappa shape index (κ3) is 4.95. The average molecular weight is 402 g/mol. The van der Waals surface area contributed by atoms with E-state index in [0.29, 0.717) is 23.7 Å². The predicted molar refractivity (Wildman–Crippen MR) is 115 cm³/mol. The summed E-state index contributed by atoms with van der Waals surface area (Å²) in [5, 5.41) is 2.98. The number of likely N-dealkylation sites (tertiary alicyclic amines) is 1. The second-order valence-electron chi connectivity index (χ2n) is 7.76. The molecule has 30 heavy (non-hydrogen) atoms. The normalized spacial score (nSPS) is 15.9. The van der Waals surface area contributed by atoms with Crippen molar-refractivity contribution in [2.45, 2.75) is 19.3 Å². The number of aromatic amines is 1. The van der Waals surface area contributed by atoms with Gasteiger partial charge in [-0.2, -0.15) is 0 Å². The fourth-order valence-corrected chi connectivity index (χ4v) is 3.96. The number of H-pyrrole nitrogens is 1. The lowest BCUT2D eigenvalue weighted by Crippen LogP contribution is -2.29. The molecule has 6 nitrogen and oxygen atoms in total. The molecule has 4 rings (SSSR count). The number of hydrogen-bond donors (Lipinski definition) is 2. The van der Waals surface area contributed by atoms with Crippen LogP contribution in [0, 0.1) is 5.92 Å². The van der Waals surface area contributed by atoms with Crippen LogP contribution in [0.25, 0.3) is 0 Å². The van der Waals surface area contributed by atoms with Crippen LogP contribution in [0.5, 0.6) is 0 Å². The van der Waals surface area contributed by atoms with Gasteiger partial charge in [0.25, 0.3) is 11.8 Å². The van der Waals surface area contributed by atoms with Gasteiger partial charge in [-0.1, -0.05) is 18.2 Å². The summed E-state index contributed by atoms with van der Waals surface area (Å²) < 4.78 is 0. The number of amides is 2. The van der Waals surface area contributed by atoms with Gasteiger partial charge in [-0.25, -0.2) is 0 Å². The van der Waals surface area contributed by atoms with Gasteiger partial charge in [0, 0.05) is 43.8 Å². The van der Waals surface area contributed by atoms with Crippen LogP contribution in [-0.2, 0) is 12.8 Å². The SMILES string of the molecule is O=C(NCCc1cccnc1)c1cccc(CC2CCN(C(=O)c3ccc[nH]3)C2)c1. The van der Waals surface area contributed by atoms with E-state index in [1.54, 1.807) is 12.4 Å². The zero-order chi connectivity index (χ0) is 20.8. The number of pyridine rings is 1. The zero-order valence-electron chi connectivity index (χ0n) is 16.9. The van der Waals surface area contributed by atoms with Gasteiger partial charge in [-0.3, -0.25) is 14.6 Å². The van der Waals surface area contributed by atoms with E-state index in [2.05, 4.69) is 21.4 Å². The molecule has 2 amide bonds. The van der Waals surface area contributed by atoms with Crippen molar-refractivity contribution in [2.24, 2.45) is 5.92 Å². The molecule has 1 unspecified atom stereocenters. The molecule has 0 saturated carbocycles. The molecule has 1 saturated heterocycles. The molecule has 154 valence electrons. The van der Waals surface area contributed by atoms with Gasteiger partial charge in [0.1, 0.15) is 5.69 Å². The summed E-state index contributed by atoms with van der Waals surface area (Å²) in [4.78, 5) is 34.0. The summed E-state index contributed by atoms with van der Waals surface area (Å²) in [5.74, 6) is 0.410. The Kier molecular flexibility index (Phi) is 6.23. The maximum absolute atomic E-state index is 12.5. The molecule has 1 fully saturated rings. The molecule has 1 aliphatic rings. The maximum atomic E-state index is 12.5. The van der Waals surface area contributed by atoms with Crippen molar-refractivity contribution in [3.8, 4) is 0 Å². The molecule has 0 spiro atoms. The number of aromatic nitrogens is 2. The first-order chi connectivity index (χ1) is 14.7. The summed E-state index contributed by atoms with van der Waals surface area (Å²) in [5.41, 5.74) is 3.55. The second kappa shape index (κ2) is 9.39. The Labute approximate surface area is 176 Å².